The molecule has 1 fully saturated rings. The molecule has 1 aliphatic heterocycles. The fraction of sp³-hybridized carbons (Fsp3) is 0.304. The number of rotatable bonds is 6. The SMILES string of the molecule is O=C(Nc1ccc(-n2cccn2)cc1)C1CCCCN1CCc1ccccc1. The third kappa shape index (κ3) is 4.49. The second-order valence-corrected chi connectivity index (χ2v) is 7.27. The van der Waals surface area contributed by atoms with Crippen molar-refractivity contribution in [3.63, 3.8) is 0 Å². The van der Waals surface area contributed by atoms with E-state index >= 15 is 0 Å². The summed E-state index contributed by atoms with van der Waals surface area (Å²) in [7, 11) is 0. The van der Waals surface area contributed by atoms with E-state index in [4.69, 9.17) is 0 Å². The third-order valence-corrected chi connectivity index (χ3v) is 5.35. The number of amides is 1. The number of anilines is 1. The van der Waals surface area contributed by atoms with Crippen molar-refractivity contribution in [2.24, 2.45) is 0 Å². The fourth-order valence-electron chi connectivity index (χ4n) is 3.82. The third-order valence-electron chi connectivity index (χ3n) is 5.35. The first-order chi connectivity index (χ1) is 13.8. The normalized spacial score (nSPS) is 17.4. The average Bonchev–Trinajstić information content (AvgIpc) is 3.29. The average molecular weight is 374 g/mol. The van der Waals surface area contributed by atoms with Crippen LogP contribution in [0.25, 0.3) is 5.69 Å². The first kappa shape index (κ1) is 18.4. The van der Waals surface area contributed by atoms with Crippen LogP contribution in [0.15, 0.2) is 73.1 Å². The lowest BCUT2D eigenvalue weighted by Gasteiger charge is -2.34. The number of carbonyl (C=O) groups excluding carboxylic acids is 1. The van der Waals surface area contributed by atoms with Crippen LogP contribution in [0.2, 0.25) is 0 Å². The second kappa shape index (κ2) is 8.85. The Morgan fingerprint density at radius 2 is 1.86 bits per heavy atom. The zero-order valence-corrected chi connectivity index (χ0v) is 16.0. The maximum atomic E-state index is 12.9. The predicted molar refractivity (Wildman–Crippen MR) is 112 cm³/mol. The molecule has 1 aliphatic rings. The Labute approximate surface area is 166 Å². The fourth-order valence-corrected chi connectivity index (χ4v) is 3.82. The van der Waals surface area contributed by atoms with Gasteiger partial charge in [0, 0.05) is 24.6 Å². The van der Waals surface area contributed by atoms with Crippen LogP contribution in [0.1, 0.15) is 24.8 Å². The highest BCUT2D eigenvalue weighted by Crippen LogP contribution is 2.20. The summed E-state index contributed by atoms with van der Waals surface area (Å²) in [6.07, 6.45) is 7.83. The molecule has 1 aromatic heterocycles. The molecule has 2 heterocycles. The molecule has 28 heavy (non-hydrogen) atoms. The van der Waals surface area contributed by atoms with E-state index in [1.54, 1.807) is 10.9 Å². The maximum absolute atomic E-state index is 12.9. The van der Waals surface area contributed by atoms with Crippen LogP contribution in [0.4, 0.5) is 5.69 Å². The van der Waals surface area contributed by atoms with Crippen LogP contribution in [0.3, 0.4) is 0 Å². The molecule has 1 N–H and O–H groups in total. The molecule has 3 aromatic rings. The van der Waals surface area contributed by atoms with E-state index in [0.717, 1.165) is 50.1 Å². The Morgan fingerprint density at radius 3 is 2.61 bits per heavy atom. The van der Waals surface area contributed by atoms with Gasteiger partial charge in [0.05, 0.1) is 11.7 Å². The van der Waals surface area contributed by atoms with Gasteiger partial charge in [-0.15, -0.1) is 0 Å². The number of piperidine rings is 1. The summed E-state index contributed by atoms with van der Waals surface area (Å²) < 4.78 is 1.80. The van der Waals surface area contributed by atoms with Gasteiger partial charge in [0.25, 0.3) is 0 Å². The highest BCUT2D eigenvalue weighted by molar-refractivity contribution is 5.95. The number of carbonyl (C=O) groups is 1. The summed E-state index contributed by atoms with van der Waals surface area (Å²) in [5, 5.41) is 7.33. The molecule has 0 bridgehead atoms. The number of aromatic nitrogens is 2. The van der Waals surface area contributed by atoms with Crippen LogP contribution < -0.4 is 5.32 Å². The van der Waals surface area contributed by atoms with Crippen LogP contribution in [0.5, 0.6) is 0 Å². The van der Waals surface area contributed by atoms with Gasteiger partial charge in [-0.2, -0.15) is 5.10 Å². The van der Waals surface area contributed by atoms with Crippen molar-refractivity contribution in [3.8, 4) is 5.69 Å². The van der Waals surface area contributed by atoms with Gasteiger partial charge in [0.15, 0.2) is 0 Å². The Hall–Kier alpha value is -2.92. The van der Waals surface area contributed by atoms with Gasteiger partial charge in [-0.05, 0) is 61.7 Å². The van der Waals surface area contributed by atoms with Gasteiger partial charge < -0.3 is 5.32 Å². The van der Waals surface area contributed by atoms with Crippen molar-refractivity contribution in [1.29, 1.82) is 0 Å². The molecule has 0 radical (unpaired) electrons. The molecule has 1 amide bonds. The summed E-state index contributed by atoms with van der Waals surface area (Å²) >= 11 is 0. The van der Waals surface area contributed by atoms with E-state index in [0.29, 0.717) is 0 Å². The van der Waals surface area contributed by atoms with E-state index in [1.165, 1.54) is 5.56 Å². The van der Waals surface area contributed by atoms with Crippen molar-refractivity contribution < 1.29 is 4.79 Å². The van der Waals surface area contributed by atoms with Crippen molar-refractivity contribution >= 4 is 11.6 Å². The Kier molecular flexibility index (Phi) is 5.83. The second-order valence-electron chi connectivity index (χ2n) is 7.27. The highest BCUT2D eigenvalue weighted by Gasteiger charge is 2.28. The van der Waals surface area contributed by atoms with Crippen molar-refractivity contribution in [2.75, 3.05) is 18.4 Å². The van der Waals surface area contributed by atoms with Crippen LogP contribution >= 0.6 is 0 Å². The first-order valence-electron chi connectivity index (χ1n) is 9.98. The predicted octanol–water partition coefficient (Wildman–Crippen LogP) is 3.91. The summed E-state index contributed by atoms with van der Waals surface area (Å²) in [6, 6.07) is 20.1. The zero-order valence-electron chi connectivity index (χ0n) is 16.0. The summed E-state index contributed by atoms with van der Waals surface area (Å²) in [5.74, 6) is 0.0969. The van der Waals surface area contributed by atoms with E-state index in [1.807, 2.05) is 42.6 Å². The largest absolute Gasteiger partial charge is 0.325 e. The topological polar surface area (TPSA) is 50.2 Å². The van der Waals surface area contributed by atoms with Gasteiger partial charge >= 0.3 is 0 Å². The molecule has 1 saturated heterocycles. The number of hydrogen-bond acceptors (Lipinski definition) is 3. The number of benzene rings is 2. The van der Waals surface area contributed by atoms with Gasteiger partial charge in [0.2, 0.25) is 5.91 Å². The standard InChI is InChI=1S/C23H26N4O/c28-23(25-20-10-12-21(13-11-20)27-17-6-15-24-27)22-9-4-5-16-26(22)18-14-19-7-2-1-3-8-19/h1-3,6-8,10-13,15,17,22H,4-5,9,14,16,18H2,(H,25,28). The molecule has 5 nitrogen and oxygen atoms in total. The number of hydrogen-bond donors (Lipinski definition) is 1. The van der Waals surface area contributed by atoms with Gasteiger partial charge in [-0.25, -0.2) is 4.68 Å². The molecule has 144 valence electrons. The monoisotopic (exact) mass is 374 g/mol. The van der Waals surface area contributed by atoms with Gasteiger partial charge in [-0.3, -0.25) is 9.69 Å². The lowest BCUT2D eigenvalue weighted by molar-refractivity contribution is -0.122. The van der Waals surface area contributed by atoms with Gasteiger partial charge in [0.1, 0.15) is 0 Å². The molecule has 1 unspecified atom stereocenters. The van der Waals surface area contributed by atoms with Crippen molar-refractivity contribution in [1.82, 2.24) is 14.7 Å². The Bertz CT molecular complexity index is 875. The summed E-state index contributed by atoms with van der Waals surface area (Å²) in [6.45, 7) is 1.91. The molecule has 0 saturated carbocycles. The van der Waals surface area contributed by atoms with Crippen molar-refractivity contribution in [3.05, 3.63) is 78.6 Å². The van der Waals surface area contributed by atoms with Gasteiger partial charge in [-0.1, -0.05) is 36.8 Å². The minimum Gasteiger partial charge on any atom is -0.325 e. The summed E-state index contributed by atoms with van der Waals surface area (Å²) in [5.41, 5.74) is 3.13. The molecule has 0 spiro atoms. The molecular formula is C23H26N4O. The lowest BCUT2D eigenvalue weighted by Crippen LogP contribution is -2.47. The van der Waals surface area contributed by atoms with Crippen LogP contribution in [-0.4, -0.2) is 39.7 Å². The van der Waals surface area contributed by atoms with E-state index in [2.05, 4.69) is 39.6 Å². The Balaban J connectivity index is 1.37. The quantitative estimate of drug-likeness (QED) is 0.712. The molecule has 2 aromatic carbocycles. The van der Waals surface area contributed by atoms with E-state index < -0.39 is 0 Å². The van der Waals surface area contributed by atoms with Crippen molar-refractivity contribution in [2.45, 2.75) is 31.7 Å². The lowest BCUT2D eigenvalue weighted by atomic mass is 10.00. The maximum Gasteiger partial charge on any atom is 0.241 e. The smallest absolute Gasteiger partial charge is 0.241 e. The molecule has 1 atom stereocenters. The van der Waals surface area contributed by atoms with E-state index in [-0.39, 0.29) is 11.9 Å². The molecular weight excluding hydrogens is 348 g/mol. The van der Waals surface area contributed by atoms with Crippen LogP contribution in [-0.2, 0) is 11.2 Å². The van der Waals surface area contributed by atoms with Crippen LogP contribution in [0, 0.1) is 0 Å². The minimum absolute atomic E-state index is 0.0525. The zero-order chi connectivity index (χ0) is 19.2. The number of nitrogens with one attached hydrogen (secondary N) is 1. The number of nitrogens with zero attached hydrogens (tertiary/aromatic N) is 3. The Morgan fingerprint density at radius 1 is 1.04 bits per heavy atom. The minimum atomic E-state index is -0.0525. The summed E-state index contributed by atoms with van der Waals surface area (Å²) in [4.78, 5) is 15.3. The van der Waals surface area contributed by atoms with E-state index in [9.17, 15) is 4.79 Å². The molecule has 4 rings (SSSR count). The number of likely N-dealkylation sites (tertiary alicyclic amines) is 1. The highest BCUT2D eigenvalue weighted by atomic mass is 16.2. The molecule has 5 heteroatoms. The molecule has 0 aliphatic carbocycles. The first-order valence-corrected chi connectivity index (χ1v) is 9.98.